The number of rotatable bonds is 1. The van der Waals surface area contributed by atoms with Crippen molar-refractivity contribution in [3.8, 4) is 0 Å². The van der Waals surface area contributed by atoms with Gasteiger partial charge in [0.05, 0.1) is 18.6 Å². The van der Waals surface area contributed by atoms with Crippen molar-refractivity contribution in [2.75, 3.05) is 6.61 Å². The van der Waals surface area contributed by atoms with Gasteiger partial charge in [-0.3, -0.25) is 4.79 Å². The molecule has 4 fully saturated rings. The smallest absolute Gasteiger partial charge is 0.310 e. The number of hydrogen-bond donors (Lipinski definition) is 0. The molecule has 0 radical (unpaired) electrons. The van der Waals surface area contributed by atoms with Crippen LogP contribution in [0.5, 0.6) is 0 Å². The van der Waals surface area contributed by atoms with Crippen LogP contribution in [0.3, 0.4) is 0 Å². The second-order valence-corrected chi connectivity index (χ2v) is 9.95. The van der Waals surface area contributed by atoms with E-state index in [-0.39, 0.29) is 22.6 Å². The molecule has 4 nitrogen and oxygen atoms in total. The number of carbonyl (C=O) groups is 1. The van der Waals surface area contributed by atoms with E-state index in [2.05, 4.69) is 20.8 Å². The molecule has 0 N–H and O–H groups in total. The van der Waals surface area contributed by atoms with Crippen molar-refractivity contribution in [1.29, 1.82) is 0 Å². The van der Waals surface area contributed by atoms with Crippen LogP contribution in [0.4, 0.5) is 0 Å². The summed E-state index contributed by atoms with van der Waals surface area (Å²) in [5.74, 6) is 1.84. The Bertz CT molecular complexity index is 711. The van der Waals surface area contributed by atoms with Crippen LogP contribution in [-0.4, -0.2) is 36.0 Å². The third-order valence-electron chi connectivity index (χ3n) is 8.83. The molecule has 3 heterocycles. The Hall–Kier alpha value is -0.870. The standard InChI is InChI=1S/C21H28O4/c1-11(2)13-6-17-21(25-17)19(3)5-4-12-7-18(22)23-10-14(12)15(19)8-16-20(21,9-13)24-16/h11,13,15-17H,4-10H2,1-3H3/t13?,15?,16-,17-,19-,20-,21+/m0/s1. The van der Waals surface area contributed by atoms with E-state index in [9.17, 15) is 4.79 Å². The Balaban J connectivity index is 1.41. The van der Waals surface area contributed by atoms with Crippen molar-refractivity contribution in [2.45, 2.75) is 82.7 Å². The number of ether oxygens (including phenoxy) is 3. The van der Waals surface area contributed by atoms with Gasteiger partial charge in [-0.05, 0) is 55.4 Å². The van der Waals surface area contributed by atoms with Crippen molar-refractivity contribution in [1.82, 2.24) is 0 Å². The number of epoxide rings is 2. The van der Waals surface area contributed by atoms with Crippen LogP contribution < -0.4 is 0 Å². The highest BCUT2D eigenvalue weighted by Crippen LogP contribution is 2.79. The van der Waals surface area contributed by atoms with Gasteiger partial charge in [0.2, 0.25) is 0 Å². The minimum atomic E-state index is -0.0705. The zero-order valence-corrected chi connectivity index (χ0v) is 15.5. The van der Waals surface area contributed by atoms with Gasteiger partial charge in [-0.1, -0.05) is 26.3 Å². The molecule has 0 bridgehead atoms. The third kappa shape index (κ3) is 1.57. The van der Waals surface area contributed by atoms with Crippen molar-refractivity contribution >= 4 is 5.97 Å². The summed E-state index contributed by atoms with van der Waals surface area (Å²) in [5, 5.41) is 0. The average molecular weight is 344 g/mol. The Morgan fingerprint density at radius 2 is 2.00 bits per heavy atom. The molecule has 136 valence electrons. The number of fused-ring (bicyclic) bond motifs is 2. The van der Waals surface area contributed by atoms with Gasteiger partial charge >= 0.3 is 5.97 Å². The van der Waals surface area contributed by atoms with Crippen LogP contribution in [0.25, 0.3) is 0 Å². The second kappa shape index (κ2) is 4.33. The van der Waals surface area contributed by atoms with E-state index < -0.39 is 0 Å². The van der Waals surface area contributed by atoms with E-state index in [0.29, 0.717) is 37.1 Å². The number of carbonyl (C=O) groups excluding carboxylic acids is 1. The molecule has 6 rings (SSSR count). The van der Waals surface area contributed by atoms with E-state index in [0.717, 1.165) is 25.2 Å². The topological polar surface area (TPSA) is 51.4 Å². The van der Waals surface area contributed by atoms with Crippen LogP contribution in [0, 0.1) is 23.2 Å². The molecule has 3 aliphatic heterocycles. The van der Waals surface area contributed by atoms with Gasteiger partial charge in [-0.2, -0.15) is 0 Å². The summed E-state index contributed by atoms with van der Waals surface area (Å²) in [6, 6.07) is 0. The molecule has 2 unspecified atom stereocenters. The summed E-state index contributed by atoms with van der Waals surface area (Å²) in [4.78, 5) is 11.7. The van der Waals surface area contributed by atoms with Crippen molar-refractivity contribution < 1.29 is 19.0 Å². The van der Waals surface area contributed by atoms with Crippen LogP contribution in [0.15, 0.2) is 11.1 Å². The van der Waals surface area contributed by atoms with Gasteiger partial charge in [-0.15, -0.1) is 0 Å². The largest absolute Gasteiger partial charge is 0.461 e. The van der Waals surface area contributed by atoms with Crippen LogP contribution in [0.2, 0.25) is 0 Å². The predicted molar refractivity (Wildman–Crippen MR) is 90.8 cm³/mol. The molecule has 0 aromatic rings. The van der Waals surface area contributed by atoms with Gasteiger partial charge in [-0.25, -0.2) is 0 Å². The van der Waals surface area contributed by atoms with Crippen molar-refractivity contribution in [2.24, 2.45) is 23.2 Å². The van der Waals surface area contributed by atoms with Crippen LogP contribution in [0.1, 0.15) is 59.3 Å². The van der Waals surface area contributed by atoms with Gasteiger partial charge in [0, 0.05) is 5.41 Å². The SMILES string of the molecule is CC(C)C1C[C@@H]2O[C@@]23[C@@]2(C)CCC4=C(COC(=O)C4)C2C[C@@H]2O[C@@]23C1. The van der Waals surface area contributed by atoms with E-state index >= 15 is 0 Å². The van der Waals surface area contributed by atoms with Gasteiger partial charge < -0.3 is 14.2 Å². The first-order valence-corrected chi connectivity index (χ1v) is 10.1. The summed E-state index contributed by atoms with van der Waals surface area (Å²) < 4.78 is 18.6. The summed E-state index contributed by atoms with van der Waals surface area (Å²) >= 11 is 0. The Morgan fingerprint density at radius 1 is 1.16 bits per heavy atom. The highest BCUT2D eigenvalue weighted by atomic mass is 16.7. The Kier molecular flexibility index (Phi) is 2.64. The van der Waals surface area contributed by atoms with E-state index in [1.165, 1.54) is 24.0 Å². The molecule has 2 saturated carbocycles. The summed E-state index contributed by atoms with van der Waals surface area (Å²) in [6.07, 6.45) is 6.85. The molecule has 3 aliphatic carbocycles. The fourth-order valence-corrected chi connectivity index (χ4v) is 7.36. The van der Waals surface area contributed by atoms with Crippen molar-refractivity contribution in [3.63, 3.8) is 0 Å². The maximum atomic E-state index is 11.7. The first-order chi connectivity index (χ1) is 11.9. The average Bonchev–Trinajstić information content (AvgIpc) is 3.46. The van der Waals surface area contributed by atoms with E-state index in [4.69, 9.17) is 14.2 Å². The molecule has 6 aliphatic rings. The quantitative estimate of drug-likeness (QED) is 0.416. The lowest BCUT2D eigenvalue weighted by Gasteiger charge is -2.54. The van der Waals surface area contributed by atoms with E-state index in [1.54, 1.807) is 0 Å². The summed E-state index contributed by atoms with van der Waals surface area (Å²) in [5.41, 5.74) is 2.82. The van der Waals surface area contributed by atoms with Gasteiger partial charge in [0.15, 0.2) is 0 Å². The molecule has 7 atom stereocenters. The zero-order valence-electron chi connectivity index (χ0n) is 15.5. The number of cyclic esters (lactones) is 1. The minimum absolute atomic E-state index is 0.0144. The Morgan fingerprint density at radius 3 is 2.80 bits per heavy atom. The molecular formula is C21H28O4. The number of hydrogen-bond acceptors (Lipinski definition) is 4. The number of esters is 1. The molecule has 0 amide bonds. The summed E-state index contributed by atoms with van der Waals surface area (Å²) in [6.45, 7) is 7.64. The first kappa shape index (κ1) is 15.2. The third-order valence-corrected chi connectivity index (χ3v) is 8.83. The second-order valence-electron chi connectivity index (χ2n) is 9.95. The maximum Gasteiger partial charge on any atom is 0.310 e. The monoisotopic (exact) mass is 344 g/mol. The lowest BCUT2D eigenvalue weighted by atomic mass is 9.47. The molecule has 0 aromatic carbocycles. The van der Waals surface area contributed by atoms with Gasteiger partial charge in [0.1, 0.15) is 17.8 Å². The van der Waals surface area contributed by atoms with Crippen LogP contribution in [-0.2, 0) is 19.0 Å². The highest BCUT2D eigenvalue weighted by Gasteiger charge is 2.90. The normalized spacial score (nSPS) is 55.4. The maximum absolute atomic E-state index is 11.7. The molecule has 4 heteroatoms. The molecule has 2 spiro atoms. The highest BCUT2D eigenvalue weighted by molar-refractivity contribution is 5.74. The van der Waals surface area contributed by atoms with Gasteiger partial charge in [0.25, 0.3) is 0 Å². The molecule has 2 saturated heterocycles. The van der Waals surface area contributed by atoms with E-state index in [1.807, 2.05) is 0 Å². The lowest BCUT2D eigenvalue weighted by molar-refractivity contribution is -0.144. The van der Waals surface area contributed by atoms with Crippen LogP contribution >= 0.6 is 0 Å². The lowest BCUT2D eigenvalue weighted by Crippen LogP contribution is -2.61. The molecule has 25 heavy (non-hydrogen) atoms. The molecule has 0 aromatic heterocycles. The fourth-order valence-electron chi connectivity index (χ4n) is 7.36. The minimum Gasteiger partial charge on any atom is -0.461 e. The first-order valence-electron chi connectivity index (χ1n) is 10.1. The summed E-state index contributed by atoms with van der Waals surface area (Å²) in [7, 11) is 0. The fraction of sp³-hybridized carbons (Fsp3) is 0.857. The predicted octanol–water partition coefficient (Wildman–Crippen LogP) is 3.39. The zero-order chi connectivity index (χ0) is 17.2. The van der Waals surface area contributed by atoms with Crippen molar-refractivity contribution in [3.05, 3.63) is 11.1 Å². The Labute approximate surface area is 149 Å². The molecular weight excluding hydrogens is 316 g/mol.